The van der Waals surface area contributed by atoms with Crippen LogP contribution in [0.4, 0.5) is 0 Å². The Balaban J connectivity index is 1.25. The summed E-state index contributed by atoms with van der Waals surface area (Å²) in [4.78, 5) is 44.0. The number of carbonyl (C=O) groups excluding carboxylic acids is 3. The van der Waals surface area contributed by atoms with E-state index in [1.807, 2.05) is 60.7 Å². The fourth-order valence-electron chi connectivity index (χ4n) is 6.40. The molecule has 2 fully saturated rings. The Morgan fingerprint density at radius 2 is 1.67 bits per heavy atom. The molecule has 2 heterocycles. The highest BCUT2D eigenvalue weighted by molar-refractivity contribution is 7.20. The first-order chi connectivity index (χ1) is 20.8. The predicted molar refractivity (Wildman–Crippen MR) is 171 cm³/mol. The van der Waals surface area contributed by atoms with Crippen LogP contribution >= 0.6 is 11.3 Å². The predicted octanol–water partition coefficient (Wildman–Crippen LogP) is 4.68. The van der Waals surface area contributed by atoms with E-state index in [0.29, 0.717) is 30.7 Å². The molecule has 3 atom stereocenters. The van der Waals surface area contributed by atoms with Crippen molar-refractivity contribution in [2.45, 2.75) is 82.6 Å². The van der Waals surface area contributed by atoms with E-state index >= 15 is 0 Å². The molecule has 1 saturated heterocycles. The third-order valence-corrected chi connectivity index (χ3v) is 9.61. The summed E-state index contributed by atoms with van der Waals surface area (Å²) in [7, 11) is 0. The van der Waals surface area contributed by atoms with Crippen LogP contribution in [-0.4, -0.2) is 72.6 Å². The van der Waals surface area contributed by atoms with E-state index in [1.165, 1.54) is 11.3 Å². The molecule has 1 aromatic heterocycles. The minimum Gasteiger partial charge on any atom is -0.373 e. The molecule has 3 amide bonds. The molecule has 230 valence electrons. The van der Waals surface area contributed by atoms with Gasteiger partial charge < -0.3 is 20.7 Å². The van der Waals surface area contributed by atoms with Gasteiger partial charge >= 0.3 is 0 Å². The van der Waals surface area contributed by atoms with Crippen LogP contribution < -0.4 is 16.0 Å². The molecule has 1 aliphatic heterocycles. The molecule has 5 rings (SSSR count). The van der Waals surface area contributed by atoms with Crippen molar-refractivity contribution >= 4 is 39.1 Å². The number of amides is 3. The number of carbonyl (C=O) groups is 3. The second-order valence-corrected chi connectivity index (χ2v) is 13.2. The van der Waals surface area contributed by atoms with Gasteiger partial charge in [0.05, 0.1) is 17.1 Å². The van der Waals surface area contributed by atoms with Gasteiger partial charge in [-0.25, -0.2) is 0 Å². The van der Waals surface area contributed by atoms with Gasteiger partial charge in [-0.1, -0.05) is 67.8 Å². The van der Waals surface area contributed by atoms with Gasteiger partial charge in [0.1, 0.15) is 11.6 Å². The van der Waals surface area contributed by atoms with Crippen LogP contribution in [0.2, 0.25) is 0 Å². The molecule has 0 bridgehead atoms. The van der Waals surface area contributed by atoms with E-state index in [2.05, 4.69) is 34.7 Å². The Kier molecular flexibility index (Phi) is 10.5. The lowest BCUT2D eigenvalue weighted by Crippen LogP contribution is -2.63. The van der Waals surface area contributed by atoms with E-state index < -0.39 is 11.6 Å². The highest BCUT2D eigenvalue weighted by atomic mass is 32.1. The van der Waals surface area contributed by atoms with Crippen LogP contribution in [-0.2, 0) is 20.7 Å². The zero-order valence-electron chi connectivity index (χ0n) is 25.3. The molecule has 43 heavy (non-hydrogen) atoms. The Morgan fingerprint density at radius 1 is 0.977 bits per heavy atom. The Hall–Kier alpha value is -3.27. The molecule has 8 nitrogen and oxygen atoms in total. The second-order valence-electron chi connectivity index (χ2n) is 12.1. The number of morpholine rings is 1. The van der Waals surface area contributed by atoms with E-state index in [9.17, 15) is 14.4 Å². The lowest BCUT2D eigenvalue weighted by molar-refractivity contribution is -0.133. The average Bonchev–Trinajstić information content (AvgIpc) is 3.44. The van der Waals surface area contributed by atoms with Crippen LogP contribution in [0.15, 0.2) is 60.7 Å². The smallest absolute Gasteiger partial charge is 0.262 e. The van der Waals surface area contributed by atoms with Crippen molar-refractivity contribution in [3.05, 3.63) is 71.1 Å². The number of fused-ring (bicyclic) bond motifs is 1. The molecule has 9 heteroatoms. The molecule has 0 spiro atoms. The quantitative estimate of drug-likeness (QED) is 0.276. The van der Waals surface area contributed by atoms with Gasteiger partial charge in [-0.3, -0.25) is 19.3 Å². The summed E-state index contributed by atoms with van der Waals surface area (Å²) in [5.41, 5.74) is -0.0870. The molecule has 2 unspecified atom stereocenters. The van der Waals surface area contributed by atoms with E-state index in [0.717, 1.165) is 61.0 Å². The number of hydrogen-bond acceptors (Lipinski definition) is 6. The summed E-state index contributed by atoms with van der Waals surface area (Å²) >= 11 is 1.43. The number of nitrogens with one attached hydrogen (secondary N) is 3. The Labute approximate surface area is 258 Å². The zero-order valence-corrected chi connectivity index (χ0v) is 26.1. The van der Waals surface area contributed by atoms with Gasteiger partial charge in [-0.05, 0) is 56.2 Å². The first kappa shape index (κ1) is 31.2. The molecule has 2 aromatic carbocycles. The van der Waals surface area contributed by atoms with Crippen molar-refractivity contribution in [3.8, 4) is 0 Å². The van der Waals surface area contributed by atoms with Crippen LogP contribution in [0.3, 0.4) is 0 Å². The molecule has 1 aliphatic carbocycles. The normalized spacial score (nSPS) is 21.2. The number of hydrogen-bond donors (Lipinski definition) is 3. The van der Waals surface area contributed by atoms with Gasteiger partial charge in [0.15, 0.2) is 0 Å². The van der Waals surface area contributed by atoms with Gasteiger partial charge in [0.25, 0.3) is 5.91 Å². The minimum atomic E-state index is -1.05. The number of rotatable bonds is 11. The van der Waals surface area contributed by atoms with Crippen LogP contribution in [0.5, 0.6) is 0 Å². The highest BCUT2D eigenvalue weighted by Gasteiger charge is 2.42. The number of benzene rings is 2. The highest BCUT2D eigenvalue weighted by Crippen LogP contribution is 2.31. The fraction of sp³-hybridized carbons (Fsp3) is 0.500. The second kappa shape index (κ2) is 14.5. The van der Waals surface area contributed by atoms with E-state index in [4.69, 9.17) is 4.74 Å². The molecule has 1 saturated carbocycles. The molecule has 3 N–H and O–H groups in total. The van der Waals surface area contributed by atoms with Gasteiger partial charge in [0, 0.05) is 37.3 Å². The molecule has 0 radical (unpaired) electrons. The lowest BCUT2D eigenvalue weighted by Gasteiger charge is -2.37. The van der Waals surface area contributed by atoms with Crippen molar-refractivity contribution in [2.75, 3.05) is 26.2 Å². The largest absolute Gasteiger partial charge is 0.373 e. The lowest BCUT2D eigenvalue weighted by atomic mass is 9.80. The summed E-state index contributed by atoms with van der Waals surface area (Å²) in [5, 5.41) is 10.3. The maximum atomic E-state index is 14.0. The molecule has 3 aromatic rings. The van der Waals surface area contributed by atoms with Gasteiger partial charge in [-0.15, -0.1) is 11.3 Å². The van der Waals surface area contributed by atoms with Crippen molar-refractivity contribution in [1.29, 1.82) is 0 Å². The topological polar surface area (TPSA) is 99.8 Å². The first-order valence-electron chi connectivity index (χ1n) is 15.6. The Bertz CT molecular complexity index is 1340. The van der Waals surface area contributed by atoms with Crippen LogP contribution in [0.1, 0.15) is 67.6 Å². The van der Waals surface area contributed by atoms with Gasteiger partial charge in [0.2, 0.25) is 11.8 Å². The summed E-state index contributed by atoms with van der Waals surface area (Å²) in [6.45, 7) is 7.35. The molecular formula is C34H44N4O4S. The minimum absolute atomic E-state index is 0.204. The van der Waals surface area contributed by atoms with E-state index in [-0.39, 0.29) is 29.9 Å². The maximum Gasteiger partial charge on any atom is 0.262 e. The standard InChI is InChI=1S/C34H44N4O4S/c1-24-22-38(23-25(2)42-24)19-11-18-35-31(39)28(20-26-12-5-3-6-13-26)36-33(41)34(16-9-4-10-17-34)37-32(40)30-21-27-14-7-8-15-29(27)43-30/h3,5-8,12-15,21,24-25,28H,4,9-11,16-20,22-23H2,1-2H3,(H,35,39)(H,36,41)(H,37,40)/t24?,25?,28-/m1/s1. The number of ether oxygens (including phenoxy) is 1. The Morgan fingerprint density at radius 3 is 2.40 bits per heavy atom. The summed E-state index contributed by atoms with van der Waals surface area (Å²) in [6.07, 6.45) is 5.39. The van der Waals surface area contributed by atoms with Crippen LogP contribution in [0.25, 0.3) is 10.1 Å². The fourth-order valence-corrected chi connectivity index (χ4v) is 7.35. The number of nitrogens with zero attached hydrogens (tertiary/aromatic N) is 1. The van der Waals surface area contributed by atoms with Crippen molar-refractivity contribution in [1.82, 2.24) is 20.9 Å². The van der Waals surface area contributed by atoms with Crippen molar-refractivity contribution in [3.63, 3.8) is 0 Å². The van der Waals surface area contributed by atoms with Gasteiger partial charge in [-0.2, -0.15) is 0 Å². The van der Waals surface area contributed by atoms with E-state index in [1.54, 1.807) is 0 Å². The van der Waals surface area contributed by atoms with Crippen molar-refractivity contribution in [2.24, 2.45) is 0 Å². The maximum absolute atomic E-state index is 14.0. The first-order valence-corrected chi connectivity index (χ1v) is 16.4. The molecular weight excluding hydrogens is 560 g/mol. The van der Waals surface area contributed by atoms with Crippen molar-refractivity contribution < 1.29 is 19.1 Å². The van der Waals surface area contributed by atoms with Crippen LogP contribution in [0, 0.1) is 0 Å². The molecule has 2 aliphatic rings. The monoisotopic (exact) mass is 604 g/mol. The summed E-state index contributed by atoms with van der Waals surface area (Å²) in [5.74, 6) is -0.731. The number of thiophene rings is 1. The third-order valence-electron chi connectivity index (χ3n) is 8.49. The zero-order chi connectivity index (χ0) is 30.2. The third kappa shape index (κ3) is 8.22. The SMILES string of the molecule is CC1CN(CCCNC(=O)[C@@H](Cc2ccccc2)NC(=O)C2(NC(=O)c3cc4ccccc4s3)CCCCC2)CC(C)O1. The summed E-state index contributed by atoms with van der Waals surface area (Å²) < 4.78 is 6.86. The average molecular weight is 605 g/mol. The summed E-state index contributed by atoms with van der Waals surface area (Å²) in [6, 6.07) is 18.8.